The van der Waals surface area contributed by atoms with Gasteiger partial charge in [0.15, 0.2) is 0 Å². The van der Waals surface area contributed by atoms with Gasteiger partial charge in [0.05, 0.1) is 13.2 Å². The van der Waals surface area contributed by atoms with Gasteiger partial charge in [-0.1, -0.05) is 20.8 Å². The molecule has 0 saturated heterocycles. The first-order valence-corrected chi connectivity index (χ1v) is 4.15. The van der Waals surface area contributed by atoms with Gasteiger partial charge in [-0.3, -0.25) is 4.99 Å². The van der Waals surface area contributed by atoms with Crippen molar-refractivity contribution >= 4 is 5.90 Å². The topological polar surface area (TPSA) is 33.6 Å². The van der Waals surface area contributed by atoms with Crippen LogP contribution in [0.5, 0.6) is 0 Å². The summed E-state index contributed by atoms with van der Waals surface area (Å²) in [4.78, 5) is 4.08. The van der Waals surface area contributed by atoms with Crippen molar-refractivity contribution in [1.29, 1.82) is 0 Å². The standard InChI is InChI=1S/C9H20N2O/c1-9(2,3)7(10-4)8(11-5)12-6/h7,10H,1-6H3. The fraction of sp³-hybridized carbons (Fsp3) is 0.889. The molecule has 0 aliphatic carbocycles. The van der Waals surface area contributed by atoms with Crippen LogP contribution in [0.3, 0.4) is 0 Å². The van der Waals surface area contributed by atoms with Gasteiger partial charge < -0.3 is 10.1 Å². The molecule has 0 aromatic carbocycles. The average molecular weight is 172 g/mol. The van der Waals surface area contributed by atoms with E-state index >= 15 is 0 Å². The predicted molar refractivity (Wildman–Crippen MR) is 52.7 cm³/mol. The summed E-state index contributed by atoms with van der Waals surface area (Å²) in [7, 11) is 5.31. The van der Waals surface area contributed by atoms with E-state index < -0.39 is 0 Å². The van der Waals surface area contributed by atoms with Crippen LogP contribution in [0.25, 0.3) is 0 Å². The van der Waals surface area contributed by atoms with Gasteiger partial charge in [0.2, 0.25) is 5.90 Å². The molecule has 1 atom stereocenters. The minimum absolute atomic E-state index is 0.125. The Hall–Kier alpha value is -0.570. The number of hydrogen-bond donors (Lipinski definition) is 1. The minimum Gasteiger partial charge on any atom is -0.483 e. The Kier molecular flexibility index (Phi) is 4.24. The Morgan fingerprint density at radius 1 is 1.42 bits per heavy atom. The number of rotatable bonds is 2. The molecule has 0 amide bonds. The van der Waals surface area contributed by atoms with Gasteiger partial charge in [-0.05, 0) is 12.5 Å². The molecule has 12 heavy (non-hydrogen) atoms. The summed E-state index contributed by atoms with van der Waals surface area (Å²) >= 11 is 0. The van der Waals surface area contributed by atoms with E-state index in [4.69, 9.17) is 4.74 Å². The third-order valence-electron chi connectivity index (χ3n) is 1.83. The number of ether oxygens (including phenoxy) is 1. The van der Waals surface area contributed by atoms with Crippen LogP contribution >= 0.6 is 0 Å². The highest BCUT2D eigenvalue weighted by Crippen LogP contribution is 2.20. The molecule has 0 radical (unpaired) electrons. The summed E-state index contributed by atoms with van der Waals surface area (Å²) in [5.74, 6) is 0.755. The number of aliphatic imine (C=N–C) groups is 1. The van der Waals surface area contributed by atoms with Gasteiger partial charge in [-0.15, -0.1) is 0 Å². The van der Waals surface area contributed by atoms with Gasteiger partial charge >= 0.3 is 0 Å². The maximum Gasteiger partial charge on any atom is 0.200 e. The normalized spacial score (nSPS) is 16.0. The molecule has 0 rings (SSSR count). The van der Waals surface area contributed by atoms with E-state index in [1.54, 1.807) is 14.2 Å². The van der Waals surface area contributed by atoms with Gasteiger partial charge in [0.1, 0.15) is 0 Å². The summed E-state index contributed by atoms with van der Waals surface area (Å²) < 4.78 is 5.17. The number of hydrogen-bond acceptors (Lipinski definition) is 3. The minimum atomic E-state index is 0.125. The zero-order valence-corrected chi connectivity index (χ0v) is 8.93. The highest BCUT2D eigenvalue weighted by molar-refractivity contribution is 5.82. The second-order valence-electron chi connectivity index (χ2n) is 3.85. The summed E-state index contributed by atoms with van der Waals surface area (Å²) in [5, 5.41) is 3.19. The van der Waals surface area contributed by atoms with Crippen LogP contribution in [0.1, 0.15) is 20.8 Å². The fourth-order valence-electron chi connectivity index (χ4n) is 1.27. The van der Waals surface area contributed by atoms with Crippen LogP contribution in [0.4, 0.5) is 0 Å². The third-order valence-corrected chi connectivity index (χ3v) is 1.83. The molecule has 72 valence electrons. The van der Waals surface area contributed by atoms with Crippen molar-refractivity contribution in [2.24, 2.45) is 10.4 Å². The quantitative estimate of drug-likeness (QED) is 0.503. The molecule has 1 N–H and O–H groups in total. The van der Waals surface area contributed by atoms with Crippen LogP contribution in [0.2, 0.25) is 0 Å². The Balaban J connectivity index is 4.55. The number of methoxy groups -OCH3 is 1. The molecule has 0 fully saturated rings. The molecule has 0 heterocycles. The van der Waals surface area contributed by atoms with Crippen molar-refractivity contribution in [3.8, 4) is 0 Å². The first kappa shape index (κ1) is 11.4. The van der Waals surface area contributed by atoms with Gasteiger partial charge in [0, 0.05) is 7.05 Å². The van der Waals surface area contributed by atoms with Gasteiger partial charge in [0.25, 0.3) is 0 Å². The summed E-state index contributed by atoms with van der Waals surface area (Å²) in [6.07, 6.45) is 0. The van der Waals surface area contributed by atoms with Gasteiger partial charge in [-0.2, -0.15) is 0 Å². The zero-order valence-electron chi connectivity index (χ0n) is 8.93. The highest BCUT2D eigenvalue weighted by atomic mass is 16.5. The number of nitrogens with zero attached hydrogens (tertiary/aromatic N) is 1. The van der Waals surface area contributed by atoms with Crippen molar-refractivity contribution in [2.45, 2.75) is 26.8 Å². The molecule has 0 aromatic heterocycles. The van der Waals surface area contributed by atoms with Crippen molar-refractivity contribution in [3.05, 3.63) is 0 Å². The molecule has 0 aliphatic rings. The molecule has 1 unspecified atom stereocenters. The predicted octanol–water partition coefficient (Wildman–Crippen LogP) is 1.30. The zero-order chi connectivity index (χ0) is 9.78. The molecule has 3 nitrogen and oxygen atoms in total. The largest absolute Gasteiger partial charge is 0.483 e. The van der Waals surface area contributed by atoms with Crippen LogP contribution in [-0.4, -0.2) is 33.1 Å². The van der Waals surface area contributed by atoms with E-state index in [0.717, 1.165) is 5.90 Å². The van der Waals surface area contributed by atoms with E-state index in [2.05, 4.69) is 31.1 Å². The molecular weight excluding hydrogens is 152 g/mol. The maximum absolute atomic E-state index is 5.17. The van der Waals surface area contributed by atoms with Crippen LogP contribution in [-0.2, 0) is 4.74 Å². The van der Waals surface area contributed by atoms with E-state index in [-0.39, 0.29) is 11.5 Å². The highest BCUT2D eigenvalue weighted by Gasteiger charge is 2.28. The van der Waals surface area contributed by atoms with E-state index in [1.165, 1.54) is 0 Å². The lowest BCUT2D eigenvalue weighted by Crippen LogP contribution is -2.45. The van der Waals surface area contributed by atoms with Crippen molar-refractivity contribution < 1.29 is 4.74 Å². The Morgan fingerprint density at radius 3 is 2.00 bits per heavy atom. The molecule has 0 spiro atoms. The molecule has 0 aromatic rings. The first-order chi connectivity index (χ1) is 5.47. The van der Waals surface area contributed by atoms with Gasteiger partial charge in [-0.25, -0.2) is 0 Å². The van der Waals surface area contributed by atoms with Crippen molar-refractivity contribution in [3.63, 3.8) is 0 Å². The second-order valence-corrected chi connectivity index (χ2v) is 3.85. The monoisotopic (exact) mass is 172 g/mol. The molecular formula is C9H20N2O. The van der Waals surface area contributed by atoms with Crippen LogP contribution < -0.4 is 5.32 Å². The molecule has 0 aliphatic heterocycles. The van der Waals surface area contributed by atoms with Crippen molar-refractivity contribution in [2.75, 3.05) is 21.2 Å². The lowest BCUT2D eigenvalue weighted by Gasteiger charge is -2.30. The molecule has 0 bridgehead atoms. The Labute approximate surface area is 75.2 Å². The second kappa shape index (κ2) is 4.45. The number of nitrogens with one attached hydrogen (secondary N) is 1. The Morgan fingerprint density at radius 2 is 1.92 bits per heavy atom. The lowest BCUT2D eigenvalue weighted by atomic mass is 9.86. The smallest absolute Gasteiger partial charge is 0.200 e. The average Bonchev–Trinajstić information content (AvgIpc) is 1.97. The Bertz CT molecular complexity index is 158. The van der Waals surface area contributed by atoms with E-state index in [9.17, 15) is 0 Å². The van der Waals surface area contributed by atoms with Crippen molar-refractivity contribution in [1.82, 2.24) is 5.32 Å². The third kappa shape index (κ3) is 2.81. The number of likely N-dealkylation sites (N-methyl/N-ethyl adjacent to an activating group) is 1. The fourth-order valence-corrected chi connectivity index (χ4v) is 1.27. The maximum atomic E-state index is 5.17. The summed E-state index contributed by atoms with van der Waals surface area (Å²) in [6, 6.07) is 0.174. The van der Waals surface area contributed by atoms with Crippen LogP contribution in [0.15, 0.2) is 4.99 Å². The SMILES string of the molecule is CN=C(OC)C(NC)C(C)(C)C. The first-order valence-electron chi connectivity index (χ1n) is 4.15. The van der Waals surface area contributed by atoms with Crippen LogP contribution in [0, 0.1) is 5.41 Å². The summed E-state index contributed by atoms with van der Waals surface area (Å²) in [5.41, 5.74) is 0.125. The molecule has 3 heteroatoms. The summed E-state index contributed by atoms with van der Waals surface area (Å²) in [6.45, 7) is 6.45. The van der Waals surface area contributed by atoms with E-state index in [0.29, 0.717) is 0 Å². The lowest BCUT2D eigenvalue weighted by molar-refractivity contribution is 0.284. The van der Waals surface area contributed by atoms with E-state index in [1.807, 2.05) is 7.05 Å². The molecule has 0 saturated carbocycles.